The van der Waals surface area contributed by atoms with Crippen LogP contribution >= 0.6 is 11.3 Å². The number of carbonyl (C=O) groups is 2. The molecular formula is C22H24N2O3S. The highest BCUT2D eigenvalue weighted by Gasteiger charge is 2.15. The third kappa shape index (κ3) is 4.07. The first-order chi connectivity index (χ1) is 13.3. The number of thiazole rings is 1. The van der Waals surface area contributed by atoms with Gasteiger partial charge in [-0.1, -0.05) is 29.0 Å². The van der Waals surface area contributed by atoms with Crippen molar-refractivity contribution >= 4 is 33.4 Å². The van der Waals surface area contributed by atoms with Crippen molar-refractivity contribution in [2.75, 3.05) is 6.61 Å². The molecule has 0 radical (unpaired) electrons. The topological polar surface area (TPSA) is 60.7 Å². The number of aryl methyl sites for hydroxylation is 4. The maximum absolute atomic E-state index is 12.9. The molecule has 0 N–H and O–H groups in total. The number of amides is 1. The van der Waals surface area contributed by atoms with Crippen molar-refractivity contribution in [1.82, 2.24) is 4.57 Å². The predicted molar refractivity (Wildman–Crippen MR) is 112 cm³/mol. The van der Waals surface area contributed by atoms with Crippen LogP contribution in [-0.2, 0) is 16.1 Å². The lowest BCUT2D eigenvalue weighted by molar-refractivity contribution is -0.143. The normalized spacial score (nSPS) is 11.8. The molecule has 0 aliphatic rings. The van der Waals surface area contributed by atoms with E-state index in [1.807, 2.05) is 52.0 Å². The summed E-state index contributed by atoms with van der Waals surface area (Å²) in [6, 6.07) is 9.83. The maximum Gasteiger partial charge on any atom is 0.326 e. The largest absolute Gasteiger partial charge is 0.465 e. The number of hydrogen-bond acceptors (Lipinski definition) is 4. The molecule has 0 aliphatic carbocycles. The van der Waals surface area contributed by atoms with Crippen LogP contribution in [-0.4, -0.2) is 23.1 Å². The Hall–Kier alpha value is -2.73. The van der Waals surface area contributed by atoms with E-state index in [0.717, 1.165) is 32.5 Å². The Balaban J connectivity index is 2.18. The van der Waals surface area contributed by atoms with Crippen LogP contribution in [0.25, 0.3) is 10.2 Å². The summed E-state index contributed by atoms with van der Waals surface area (Å²) in [4.78, 5) is 29.9. The van der Waals surface area contributed by atoms with E-state index in [9.17, 15) is 9.59 Å². The summed E-state index contributed by atoms with van der Waals surface area (Å²) in [7, 11) is 0. The Labute approximate surface area is 168 Å². The third-order valence-corrected chi connectivity index (χ3v) is 5.75. The van der Waals surface area contributed by atoms with Crippen LogP contribution in [0.4, 0.5) is 0 Å². The summed E-state index contributed by atoms with van der Waals surface area (Å²) in [5, 5.41) is 0. The fraction of sp³-hybridized carbons (Fsp3) is 0.318. The van der Waals surface area contributed by atoms with Crippen molar-refractivity contribution in [3.8, 4) is 0 Å². The molecule has 146 valence electrons. The first-order valence-corrected chi connectivity index (χ1v) is 10.0. The van der Waals surface area contributed by atoms with Crippen LogP contribution in [0.3, 0.4) is 0 Å². The lowest BCUT2D eigenvalue weighted by Gasteiger charge is -2.07. The van der Waals surface area contributed by atoms with E-state index in [2.05, 4.69) is 11.1 Å². The molecule has 3 rings (SSSR count). The van der Waals surface area contributed by atoms with E-state index in [-0.39, 0.29) is 18.4 Å². The number of benzene rings is 2. The molecule has 28 heavy (non-hydrogen) atoms. The zero-order valence-corrected chi connectivity index (χ0v) is 17.6. The van der Waals surface area contributed by atoms with Gasteiger partial charge >= 0.3 is 5.97 Å². The Bertz CT molecular complexity index is 1140. The van der Waals surface area contributed by atoms with Gasteiger partial charge in [0.05, 0.1) is 16.8 Å². The van der Waals surface area contributed by atoms with E-state index < -0.39 is 0 Å². The molecule has 0 bridgehead atoms. The van der Waals surface area contributed by atoms with E-state index >= 15 is 0 Å². The molecule has 2 aromatic carbocycles. The minimum absolute atomic E-state index is 0.0231. The van der Waals surface area contributed by atoms with Gasteiger partial charge in [0.25, 0.3) is 5.91 Å². The molecule has 0 saturated carbocycles. The van der Waals surface area contributed by atoms with Crippen LogP contribution in [0, 0.1) is 27.7 Å². The fourth-order valence-electron chi connectivity index (χ4n) is 3.01. The molecule has 1 heterocycles. The van der Waals surface area contributed by atoms with Gasteiger partial charge in [0, 0.05) is 5.56 Å². The van der Waals surface area contributed by atoms with Crippen molar-refractivity contribution in [2.45, 2.75) is 41.2 Å². The minimum Gasteiger partial charge on any atom is -0.465 e. The molecule has 6 heteroatoms. The van der Waals surface area contributed by atoms with Gasteiger partial charge in [-0.05, 0) is 69.5 Å². The molecule has 3 aromatic rings. The number of carbonyl (C=O) groups excluding carboxylic acids is 2. The molecule has 0 aliphatic heterocycles. The first kappa shape index (κ1) is 20.0. The molecule has 0 fully saturated rings. The second-order valence-electron chi connectivity index (χ2n) is 6.92. The van der Waals surface area contributed by atoms with Crippen LogP contribution in [0.2, 0.25) is 0 Å². The Kier molecular flexibility index (Phi) is 5.79. The Morgan fingerprint density at radius 1 is 1.04 bits per heavy atom. The lowest BCUT2D eigenvalue weighted by Crippen LogP contribution is -2.23. The second kappa shape index (κ2) is 8.10. The summed E-state index contributed by atoms with van der Waals surface area (Å²) in [6.45, 7) is 10.0. The molecule has 5 nitrogen and oxygen atoms in total. The number of esters is 1. The fourth-order valence-corrected chi connectivity index (χ4v) is 4.12. The Morgan fingerprint density at radius 3 is 2.46 bits per heavy atom. The van der Waals surface area contributed by atoms with Gasteiger partial charge in [-0.25, -0.2) is 0 Å². The Morgan fingerprint density at radius 2 is 1.75 bits per heavy atom. The van der Waals surface area contributed by atoms with Gasteiger partial charge in [-0.2, -0.15) is 4.99 Å². The third-order valence-electron chi connectivity index (χ3n) is 4.71. The van der Waals surface area contributed by atoms with E-state index in [1.54, 1.807) is 11.5 Å². The van der Waals surface area contributed by atoms with E-state index in [0.29, 0.717) is 17.0 Å². The van der Waals surface area contributed by atoms with Crippen LogP contribution in [0.15, 0.2) is 35.3 Å². The summed E-state index contributed by atoms with van der Waals surface area (Å²) in [6.07, 6.45) is 0. The van der Waals surface area contributed by atoms with E-state index in [4.69, 9.17) is 4.74 Å². The molecule has 0 spiro atoms. The SMILES string of the molecule is CCOC(=O)Cn1c(=NC(=O)c2cc(C)ccc2C)sc2cc(C)c(C)cc21. The molecular weight excluding hydrogens is 372 g/mol. The standard InChI is InChI=1S/C22H24N2O3S/c1-6-27-20(25)12-24-18-10-15(4)16(5)11-19(18)28-22(24)23-21(26)17-9-13(2)7-8-14(17)3/h7-11H,6,12H2,1-5H3. The molecule has 0 unspecified atom stereocenters. The molecule has 0 saturated heterocycles. The number of rotatable bonds is 4. The average Bonchev–Trinajstić information content (AvgIpc) is 2.94. The van der Waals surface area contributed by atoms with Crippen molar-refractivity contribution in [1.29, 1.82) is 0 Å². The van der Waals surface area contributed by atoms with Gasteiger partial charge in [0.2, 0.25) is 0 Å². The number of aromatic nitrogens is 1. The minimum atomic E-state index is -0.346. The van der Waals surface area contributed by atoms with Gasteiger partial charge in [0.1, 0.15) is 6.54 Å². The number of ether oxygens (including phenoxy) is 1. The summed E-state index contributed by atoms with van der Waals surface area (Å²) in [5.41, 5.74) is 5.62. The van der Waals surface area contributed by atoms with Crippen LogP contribution in [0.5, 0.6) is 0 Å². The van der Waals surface area contributed by atoms with Crippen molar-refractivity contribution in [2.24, 2.45) is 4.99 Å². The number of nitrogens with zero attached hydrogens (tertiary/aromatic N) is 2. The first-order valence-electron chi connectivity index (χ1n) is 9.22. The summed E-state index contributed by atoms with van der Waals surface area (Å²) >= 11 is 1.41. The van der Waals surface area contributed by atoms with Crippen molar-refractivity contribution in [3.63, 3.8) is 0 Å². The zero-order chi connectivity index (χ0) is 20.4. The lowest BCUT2D eigenvalue weighted by atomic mass is 10.1. The van der Waals surface area contributed by atoms with Gasteiger partial charge in [-0.3, -0.25) is 9.59 Å². The highest BCUT2D eigenvalue weighted by molar-refractivity contribution is 7.16. The highest BCUT2D eigenvalue weighted by atomic mass is 32.1. The second-order valence-corrected chi connectivity index (χ2v) is 7.92. The highest BCUT2D eigenvalue weighted by Crippen LogP contribution is 2.22. The zero-order valence-electron chi connectivity index (χ0n) is 16.8. The van der Waals surface area contributed by atoms with Crippen molar-refractivity contribution < 1.29 is 14.3 Å². The molecule has 0 atom stereocenters. The number of hydrogen-bond donors (Lipinski definition) is 0. The van der Waals surface area contributed by atoms with Gasteiger partial charge in [0.15, 0.2) is 4.80 Å². The molecule has 1 amide bonds. The van der Waals surface area contributed by atoms with E-state index in [1.165, 1.54) is 11.3 Å². The maximum atomic E-state index is 12.9. The quantitative estimate of drug-likeness (QED) is 0.620. The van der Waals surface area contributed by atoms with Gasteiger partial charge in [-0.15, -0.1) is 0 Å². The van der Waals surface area contributed by atoms with Crippen molar-refractivity contribution in [3.05, 3.63) is 63.0 Å². The predicted octanol–water partition coefficient (Wildman–Crippen LogP) is 4.24. The van der Waals surface area contributed by atoms with Crippen LogP contribution < -0.4 is 4.80 Å². The summed E-state index contributed by atoms with van der Waals surface area (Å²) < 4.78 is 7.87. The molecule has 1 aromatic heterocycles. The summed E-state index contributed by atoms with van der Waals surface area (Å²) in [5.74, 6) is -0.653. The monoisotopic (exact) mass is 396 g/mol. The van der Waals surface area contributed by atoms with Gasteiger partial charge < -0.3 is 9.30 Å². The van der Waals surface area contributed by atoms with Crippen LogP contribution in [0.1, 0.15) is 39.5 Å². The smallest absolute Gasteiger partial charge is 0.326 e. The average molecular weight is 397 g/mol. The number of fused-ring (bicyclic) bond motifs is 1.